The van der Waals surface area contributed by atoms with E-state index in [1.807, 2.05) is 18.2 Å². The second-order valence-electron chi connectivity index (χ2n) is 4.45. The summed E-state index contributed by atoms with van der Waals surface area (Å²) in [7, 11) is 3.56. The maximum Gasteiger partial charge on any atom is 0.322 e. The molecule has 0 saturated carbocycles. The Bertz CT molecular complexity index is 567. The van der Waals surface area contributed by atoms with Crippen LogP contribution in [0.3, 0.4) is 0 Å². The van der Waals surface area contributed by atoms with Crippen LogP contribution >= 0.6 is 11.6 Å². The van der Waals surface area contributed by atoms with Gasteiger partial charge >= 0.3 is 6.01 Å². The van der Waals surface area contributed by atoms with Crippen LogP contribution in [0.2, 0.25) is 5.28 Å². The largest absolute Gasteiger partial charge is 0.467 e. The van der Waals surface area contributed by atoms with Crippen molar-refractivity contribution in [1.29, 1.82) is 0 Å². The normalized spacial score (nSPS) is 10.2. The lowest BCUT2D eigenvalue weighted by Gasteiger charge is -2.19. The molecule has 1 aromatic carbocycles. The molecule has 0 amide bonds. The van der Waals surface area contributed by atoms with E-state index in [0.29, 0.717) is 5.95 Å². The summed E-state index contributed by atoms with van der Waals surface area (Å²) in [5.41, 5.74) is 1.20. The van der Waals surface area contributed by atoms with Crippen molar-refractivity contribution in [3.63, 3.8) is 0 Å². The molecule has 2 aromatic rings. The minimum atomic E-state index is 0.116. The topological polar surface area (TPSA) is 63.2 Å². The van der Waals surface area contributed by atoms with E-state index in [4.69, 9.17) is 16.3 Å². The van der Waals surface area contributed by atoms with Gasteiger partial charge in [0.1, 0.15) is 0 Å². The summed E-state index contributed by atoms with van der Waals surface area (Å²) in [6, 6.07) is 10.5. The van der Waals surface area contributed by atoms with Gasteiger partial charge in [-0.2, -0.15) is 15.0 Å². The van der Waals surface area contributed by atoms with E-state index in [-0.39, 0.29) is 11.3 Å². The van der Waals surface area contributed by atoms with Crippen molar-refractivity contribution < 1.29 is 4.74 Å². The molecule has 0 aliphatic carbocycles. The van der Waals surface area contributed by atoms with E-state index in [9.17, 15) is 0 Å². The number of nitrogens with one attached hydrogen (secondary N) is 1. The lowest BCUT2D eigenvalue weighted by molar-refractivity contribution is 0.379. The molecule has 6 nitrogen and oxygen atoms in total. The molecular weight excluding hydrogens is 290 g/mol. The molecule has 0 aliphatic rings. The van der Waals surface area contributed by atoms with Crippen molar-refractivity contribution in [2.75, 3.05) is 37.5 Å². The molecule has 0 unspecified atom stereocenters. The molecule has 2 rings (SSSR count). The third-order valence-corrected chi connectivity index (χ3v) is 3.09. The Labute approximate surface area is 129 Å². The average Bonchev–Trinajstić information content (AvgIpc) is 2.51. The zero-order valence-electron chi connectivity index (χ0n) is 12.1. The quantitative estimate of drug-likeness (QED) is 0.793. The van der Waals surface area contributed by atoms with Crippen LogP contribution in [0.5, 0.6) is 6.01 Å². The summed E-state index contributed by atoms with van der Waals surface area (Å²) in [5, 5.41) is 3.23. The molecule has 0 bridgehead atoms. The highest BCUT2D eigenvalue weighted by atomic mass is 35.5. The molecule has 0 fully saturated rings. The fourth-order valence-corrected chi connectivity index (χ4v) is 1.98. The third-order valence-electron chi connectivity index (χ3n) is 2.92. The first-order valence-corrected chi connectivity index (χ1v) is 7.02. The Balaban J connectivity index is 1.78. The zero-order valence-corrected chi connectivity index (χ0v) is 12.8. The molecule has 0 radical (unpaired) electrons. The number of methoxy groups -OCH3 is 1. The fourth-order valence-electron chi connectivity index (χ4n) is 1.83. The summed E-state index contributed by atoms with van der Waals surface area (Å²) in [6.45, 7) is 1.66. The molecule has 1 aromatic heterocycles. The zero-order chi connectivity index (χ0) is 15.1. The van der Waals surface area contributed by atoms with Gasteiger partial charge in [-0.25, -0.2) is 0 Å². The van der Waals surface area contributed by atoms with Gasteiger partial charge in [0.05, 0.1) is 7.11 Å². The van der Waals surface area contributed by atoms with E-state index < -0.39 is 0 Å². The number of hydrogen-bond acceptors (Lipinski definition) is 6. The van der Waals surface area contributed by atoms with Gasteiger partial charge in [0.25, 0.3) is 0 Å². The van der Waals surface area contributed by atoms with E-state index >= 15 is 0 Å². The number of halogens is 1. The predicted molar refractivity (Wildman–Crippen MR) is 84.2 cm³/mol. The summed E-state index contributed by atoms with van der Waals surface area (Å²) in [5.74, 6) is 0.425. The van der Waals surface area contributed by atoms with Crippen LogP contribution in [0, 0.1) is 0 Å². The number of hydrogen-bond donors (Lipinski definition) is 1. The molecule has 0 saturated heterocycles. The first-order chi connectivity index (χ1) is 10.2. The number of nitrogens with zero attached hydrogens (tertiary/aromatic N) is 4. The minimum absolute atomic E-state index is 0.116. The maximum atomic E-state index is 5.78. The number of anilines is 2. The highest BCUT2D eigenvalue weighted by Crippen LogP contribution is 2.12. The Morgan fingerprint density at radius 2 is 1.95 bits per heavy atom. The highest BCUT2D eigenvalue weighted by Gasteiger charge is 2.05. The van der Waals surface area contributed by atoms with Gasteiger partial charge in [0.2, 0.25) is 11.2 Å². The van der Waals surface area contributed by atoms with Crippen LogP contribution in [-0.4, -0.2) is 42.2 Å². The van der Waals surface area contributed by atoms with E-state index in [1.165, 1.54) is 12.8 Å². The van der Waals surface area contributed by atoms with Gasteiger partial charge in [0.15, 0.2) is 0 Å². The Morgan fingerprint density at radius 1 is 1.19 bits per heavy atom. The van der Waals surface area contributed by atoms with E-state index in [2.05, 4.69) is 44.3 Å². The molecule has 0 spiro atoms. The van der Waals surface area contributed by atoms with E-state index in [1.54, 1.807) is 0 Å². The highest BCUT2D eigenvalue weighted by molar-refractivity contribution is 6.28. The third kappa shape index (κ3) is 4.75. The van der Waals surface area contributed by atoms with Crippen molar-refractivity contribution in [1.82, 2.24) is 15.0 Å². The maximum absolute atomic E-state index is 5.78. The lowest BCUT2D eigenvalue weighted by Crippen LogP contribution is -2.21. The van der Waals surface area contributed by atoms with Crippen LogP contribution < -0.4 is 15.0 Å². The summed E-state index contributed by atoms with van der Waals surface area (Å²) >= 11 is 5.78. The molecule has 1 N–H and O–H groups in total. The van der Waals surface area contributed by atoms with Crippen LogP contribution in [-0.2, 0) is 0 Å². The molecule has 21 heavy (non-hydrogen) atoms. The van der Waals surface area contributed by atoms with Gasteiger partial charge in [-0.3, -0.25) is 0 Å². The molecule has 0 atom stereocenters. The van der Waals surface area contributed by atoms with Crippen molar-refractivity contribution in [3.8, 4) is 6.01 Å². The van der Waals surface area contributed by atoms with Crippen LogP contribution in [0.1, 0.15) is 6.42 Å². The summed E-state index contributed by atoms with van der Waals surface area (Å²) in [6.07, 6.45) is 0.941. The molecular formula is C14H18ClN5O. The summed E-state index contributed by atoms with van der Waals surface area (Å²) < 4.78 is 4.94. The smallest absolute Gasteiger partial charge is 0.322 e. The van der Waals surface area contributed by atoms with Gasteiger partial charge in [-0.15, -0.1) is 0 Å². The predicted octanol–water partition coefficient (Wildman–Crippen LogP) is 2.47. The van der Waals surface area contributed by atoms with Crippen molar-refractivity contribution >= 4 is 23.2 Å². The first kappa shape index (κ1) is 15.3. The molecule has 1 heterocycles. The van der Waals surface area contributed by atoms with Gasteiger partial charge < -0.3 is 15.0 Å². The first-order valence-electron chi connectivity index (χ1n) is 6.64. The standard InChI is InChI=1S/C14H18ClN5O/c1-20(11-7-4-3-5-8-11)10-6-9-16-13-17-12(15)18-14(19-13)21-2/h3-5,7-8H,6,9-10H2,1-2H3,(H,16,17,18,19). The fraction of sp³-hybridized carbons (Fsp3) is 0.357. The Kier molecular flexibility index (Phi) is 5.57. The van der Waals surface area contributed by atoms with Gasteiger partial charge in [-0.1, -0.05) is 18.2 Å². The van der Waals surface area contributed by atoms with Gasteiger partial charge in [-0.05, 0) is 30.2 Å². The van der Waals surface area contributed by atoms with Crippen molar-refractivity contribution in [2.45, 2.75) is 6.42 Å². The number of rotatable bonds is 7. The SMILES string of the molecule is COc1nc(Cl)nc(NCCCN(C)c2ccccc2)n1. The number of ether oxygens (including phenoxy) is 1. The molecule has 112 valence electrons. The molecule has 7 heteroatoms. The van der Waals surface area contributed by atoms with Crippen LogP contribution in [0.25, 0.3) is 0 Å². The Morgan fingerprint density at radius 3 is 2.67 bits per heavy atom. The monoisotopic (exact) mass is 307 g/mol. The van der Waals surface area contributed by atoms with Crippen molar-refractivity contribution in [2.24, 2.45) is 0 Å². The van der Waals surface area contributed by atoms with Gasteiger partial charge in [0, 0.05) is 25.8 Å². The second-order valence-corrected chi connectivity index (χ2v) is 4.79. The number of benzene rings is 1. The average molecular weight is 308 g/mol. The molecule has 0 aliphatic heterocycles. The minimum Gasteiger partial charge on any atom is -0.467 e. The Hall–Kier alpha value is -2.08. The number of para-hydroxylation sites is 1. The van der Waals surface area contributed by atoms with E-state index in [0.717, 1.165) is 19.5 Å². The number of aromatic nitrogens is 3. The van der Waals surface area contributed by atoms with Crippen LogP contribution in [0.4, 0.5) is 11.6 Å². The lowest BCUT2D eigenvalue weighted by atomic mass is 10.3. The van der Waals surface area contributed by atoms with Crippen LogP contribution in [0.15, 0.2) is 30.3 Å². The second kappa shape index (κ2) is 7.64. The summed E-state index contributed by atoms with van der Waals surface area (Å²) in [4.78, 5) is 14.1. The van der Waals surface area contributed by atoms with Crippen molar-refractivity contribution in [3.05, 3.63) is 35.6 Å².